The number of aryl methyl sites for hydroxylation is 3. The second-order valence-electron chi connectivity index (χ2n) is 5.05. The highest BCUT2D eigenvalue weighted by Gasteiger charge is 2.27. The lowest BCUT2D eigenvalue weighted by atomic mass is 10.0. The second-order valence-corrected chi connectivity index (χ2v) is 5.05. The van der Waals surface area contributed by atoms with E-state index in [4.69, 9.17) is 0 Å². The fourth-order valence-corrected chi connectivity index (χ4v) is 2.80. The molecule has 1 aliphatic rings. The molecule has 88 valence electrons. The SMILES string of the molecule is Cc1cc(C)c(N2CCN(C)C2C)c(C)c1. The summed E-state index contributed by atoms with van der Waals surface area (Å²) in [5.74, 6) is 0. The van der Waals surface area contributed by atoms with Crippen molar-refractivity contribution in [3.63, 3.8) is 0 Å². The average molecular weight is 218 g/mol. The van der Waals surface area contributed by atoms with Gasteiger partial charge in [0, 0.05) is 18.8 Å². The number of hydrogen-bond donors (Lipinski definition) is 0. The Morgan fingerprint density at radius 2 is 1.62 bits per heavy atom. The van der Waals surface area contributed by atoms with Gasteiger partial charge in [-0.1, -0.05) is 17.7 Å². The number of anilines is 1. The first-order valence-corrected chi connectivity index (χ1v) is 6.05. The predicted molar refractivity (Wildman–Crippen MR) is 70.1 cm³/mol. The Morgan fingerprint density at radius 1 is 1.06 bits per heavy atom. The normalized spacial score (nSPS) is 21.8. The van der Waals surface area contributed by atoms with Gasteiger partial charge >= 0.3 is 0 Å². The molecule has 2 nitrogen and oxygen atoms in total. The predicted octanol–water partition coefficient (Wildman–Crippen LogP) is 2.71. The number of benzene rings is 1. The molecule has 0 saturated carbocycles. The molecule has 2 heteroatoms. The Kier molecular flexibility index (Phi) is 2.94. The van der Waals surface area contributed by atoms with E-state index < -0.39 is 0 Å². The topological polar surface area (TPSA) is 6.48 Å². The van der Waals surface area contributed by atoms with Crippen LogP contribution in [0.15, 0.2) is 12.1 Å². The lowest BCUT2D eigenvalue weighted by Gasteiger charge is -2.29. The average Bonchev–Trinajstić information content (AvgIpc) is 2.48. The maximum absolute atomic E-state index is 2.52. The van der Waals surface area contributed by atoms with Crippen molar-refractivity contribution < 1.29 is 0 Å². The van der Waals surface area contributed by atoms with Crippen molar-refractivity contribution in [1.29, 1.82) is 0 Å². The van der Waals surface area contributed by atoms with E-state index in [-0.39, 0.29) is 0 Å². The lowest BCUT2D eigenvalue weighted by Crippen LogP contribution is -2.34. The van der Waals surface area contributed by atoms with Crippen LogP contribution >= 0.6 is 0 Å². The molecule has 2 rings (SSSR count). The van der Waals surface area contributed by atoms with Crippen LogP contribution in [0.1, 0.15) is 23.6 Å². The highest BCUT2D eigenvalue weighted by molar-refractivity contribution is 5.61. The Morgan fingerprint density at radius 3 is 2.06 bits per heavy atom. The summed E-state index contributed by atoms with van der Waals surface area (Å²) in [5.41, 5.74) is 5.60. The van der Waals surface area contributed by atoms with Gasteiger partial charge in [0.1, 0.15) is 0 Å². The van der Waals surface area contributed by atoms with Crippen molar-refractivity contribution in [3.8, 4) is 0 Å². The van der Waals surface area contributed by atoms with E-state index in [1.165, 1.54) is 22.4 Å². The number of hydrogen-bond acceptors (Lipinski definition) is 2. The van der Waals surface area contributed by atoms with Gasteiger partial charge in [-0.2, -0.15) is 0 Å². The molecule has 0 amide bonds. The Hall–Kier alpha value is -1.02. The van der Waals surface area contributed by atoms with E-state index in [9.17, 15) is 0 Å². The zero-order valence-electron chi connectivity index (χ0n) is 11.0. The molecular weight excluding hydrogens is 196 g/mol. The summed E-state index contributed by atoms with van der Waals surface area (Å²) in [4.78, 5) is 4.92. The van der Waals surface area contributed by atoms with Crippen molar-refractivity contribution in [3.05, 3.63) is 28.8 Å². The molecule has 1 fully saturated rings. The number of rotatable bonds is 1. The molecule has 0 aliphatic carbocycles. The van der Waals surface area contributed by atoms with Crippen molar-refractivity contribution in [2.45, 2.75) is 33.9 Å². The highest BCUT2D eigenvalue weighted by atomic mass is 15.4. The zero-order chi connectivity index (χ0) is 11.9. The maximum Gasteiger partial charge on any atom is 0.0791 e. The van der Waals surface area contributed by atoms with Crippen molar-refractivity contribution >= 4 is 5.69 Å². The van der Waals surface area contributed by atoms with Crippen molar-refractivity contribution in [1.82, 2.24) is 4.90 Å². The summed E-state index contributed by atoms with van der Waals surface area (Å²) in [6.45, 7) is 11.2. The van der Waals surface area contributed by atoms with Crippen molar-refractivity contribution in [2.24, 2.45) is 0 Å². The minimum absolute atomic E-state index is 0.514. The highest BCUT2D eigenvalue weighted by Crippen LogP contribution is 2.30. The first-order chi connectivity index (χ1) is 7.50. The van der Waals surface area contributed by atoms with E-state index in [0.717, 1.165) is 13.1 Å². The Labute approximate surface area is 98.9 Å². The fraction of sp³-hybridized carbons (Fsp3) is 0.571. The van der Waals surface area contributed by atoms with Gasteiger partial charge in [-0.3, -0.25) is 4.90 Å². The monoisotopic (exact) mass is 218 g/mol. The molecule has 0 radical (unpaired) electrons. The second kappa shape index (κ2) is 4.10. The molecule has 0 aromatic heterocycles. The standard InChI is InChI=1S/C14H22N2/c1-10-8-11(2)14(12(3)9-10)16-7-6-15(5)13(16)4/h8-9,13H,6-7H2,1-5H3. The number of likely N-dealkylation sites (N-methyl/N-ethyl adjacent to an activating group) is 1. The van der Waals surface area contributed by atoms with E-state index in [2.05, 4.69) is 56.7 Å². The largest absolute Gasteiger partial charge is 0.354 e. The molecule has 1 heterocycles. The van der Waals surface area contributed by atoms with Gasteiger partial charge in [0.25, 0.3) is 0 Å². The van der Waals surface area contributed by atoms with Gasteiger partial charge in [-0.25, -0.2) is 0 Å². The summed E-state index contributed by atoms with van der Waals surface area (Å²) in [6.07, 6.45) is 0.514. The van der Waals surface area contributed by atoms with Gasteiger partial charge in [-0.05, 0) is 45.9 Å². The summed E-state index contributed by atoms with van der Waals surface area (Å²) < 4.78 is 0. The molecule has 0 spiro atoms. The van der Waals surface area contributed by atoms with E-state index in [1.807, 2.05) is 0 Å². The molecule has 1 aromatic carbocycles. The third kappa shape index (κ3) is 1.82. The summed E-state index contributed by atoms with van der Waals surface area (Å²) >= 11 is 0. The summed E-state index contributed by atoms with van der Waals surface area (Å²) in [5, 5.41) is 0. The molecule has 1 atom stereocenters. The lowest BCUT2D eigenvalue weighted by molar-refractivity contribution is 0.331. The quantitative estimate of drug-likeness (QED) is 0.715. The molecule has 1 saturated heterocycles. The molecule has 1 aliphatic heterocycles. The molecule has 0 N–H and O–H groups in total. The van der Waals surface area contributed by atoms with E-state index in [1.54, 1.807) is 0 Å². The summed E-state index contributed by atoms with van der Waals surface area (Å²) in [7, 11) is 2.20. The zero-order valence-corrected chi connectivity index (χ0v) is 11.0. The molecule has 0 bridgehead atoms. The first kappa shape index (κ1) is 11.5. The van der Waals surface area contributed by atoms with Gasteiger partial charge in [0.05, 0.1) is 6.17 Å². The Bertz CT molecular complexity index is 375. The van der Waals surface area contributed by atoms with Crippen molar-refractivity contribution in [2.75, 3.05) is 25.0 Å². The van der Waals surface area contributed by atoms with Crippen LogP contribution in [-0.4, -0.2) is 31.2 Å². The van der Waals surface area contributed by atoms with E-state index >= 15 is 0 Å². The van der Waals surface area contributed by atoms with Crippen LogP contribution < -0.4 is 4.90 Å². The van der Waals surface area contributed by atoms with Crippen LogP contribution in [0.3, 0.4) is 0 Å². The molecule has 1 unspecified atom stereocenters. The van der Waals surface area contributed by atoms with Gasteiger partial charge in [-0.15, -0.1) is 0 Å². The molecular formula is C14H22N2. The van der Waals surface area contributed by atoms with E-state index in [0.29, 0.717) is 6.17 Å². The minimum Gasteiger partial charge on any atom is -0.354 e. The van der Waals surface area contributed by atoms with Gasteiger partial charge in [0.15, 0.2) is 0 Å². The van der Waals surface area contributed by atoms with Crippen LogP contribution in [0.2, 0.25) is 0 Å². The van der Waals surface area contributed by atoms with Gasteiger partial charge < -0.3 is 4.90 Å². The van der Waals surface area contributed by atoms with Crippen LogP contribution in [0.25, 0.3) is 0 Å². The third-order valence-corrected chi connectivity index (χ3v) is 3.71. The van der Waals surface area contributed by atoms with Crippen LogP contribution in [-0.2, 0) is 0 Å². The number of nitrogens with zero attached hydrogens (tertiary/aromatic N) is 2. The smallest absolute Gasteiger partial charge is 0.0791 e. The Balaban J connectivity index is 2.41. The molecule has 1 aromatic rings. The fourth-order valence-electron chi connectivity index (χ4n) is 2.80. The first-order valence-electron chi connectivity index (χ1n) is 6.05. The van der Waals surface area contributed by atoms with Crippen LogP contribution in [0.4, 0.5) is 5.69 Å². The van der Waals surface area contributed by atoms with Crippen LogP contribution in [0, 0.1) is 20.8 Å². The summed E-state index contributed by atoms with van der Waals surface area (Å²) in [6, 6.07) is 4.57. The maximum atomic E-state index is 2.52. The minimum atomic E-state index is 0.514. The molecule has 16 heavy (non-hydrogen) atoms. The third-order valence-electron chi connectivity index (χ3n) is 3.71. The van der Waals surface area contributed by atoms with Crippen LogP contribution in [0.5, 0.6) is 0 Å². The van der Waals surface area contributed by atoms with Gasteiger partial charge in [0.2, 0.25) is 0 Å².